The maximum Gasteiger partial charge on any atom is 0.326 e. The number of unbranched alkanes of at least 4 members (excludes halogenated alkanes) is 2. The Labute approximate surface area is 772 Å². The number of primary amides is 3. The van der Waals surface area contributed by atoms with Crippen molar-refractivity contribution in [3.05, 3.63) is 54.2 Å². The van der Waals surface area contributed by atoms with Crippen LogP contribution >= 0.6 is 12.6 Å². The Balaban J connectivity index is 1.15. The molecule has 0 unspecified atom stereocenters. The molecule has 1 aromatic carbocycles. The van der Waals surface area contributed by atoms with Gasteiger partial charge in [-0.2, -0.15) is 12.6 Å². The molecule has 734 valence electrons. The number of aromatic amines is 2. The Morgan fingerprint density at radius 2 is 0.932 bits per heavy atom. The Hall–Kier alpha value is -13.3. The number of nitrogens with one attached hydrogen (secondary N) is 18. The molecule has 5 heterocycles. The monoisotopic (exact) mass is 1890 g/mol. The zero-order valence-corrected chi connectivity index (χ0v) is 75.5. The van der Waals surface area contributed by atoms with Crippen molar-refractivity contribution in [2.24, 2.45) is 51.8 Å². The summed E-state index contributed by atoms with van der Waals surface area (Å²) in [6.07, 6.45) is 3.85. The fourth-order valence-corrected chi connectivity index (χ4v) is 15.7. The molecule has 50 nitrogen and oxygen atoms in total. The number of aliphatic carboxylic acids is 1. The number of thiol groups is 1. The number of nitrogens with zero attached hydrogens (tertiary/aromatic N) is 4. The van der Waals surface area contributed by atoms with E-state index in [4.69, 9.17) is 56.7 Å². The van der Waals surface area contributed by atoms with E-state index in [1.165, 1.54) is 22.3 Å². The van der Waals surface area contributed by atoms with Crippen molar-refractivity contribution in [2.75, 3.05) is 64.7 Å². The van der Waals surface area contributed by atoms with E-state index in [1.54, 1.807) is 44.3 Å². The molecule has 133 heavy (non-hydrogen) atoms. The molecule has 2 aromatic heterocycles. The second kappa shape index (κ2) is 55.1. The molecule has 18 amide bonds. The zero-order chi connectivity index (χ0) is 98.1. The maximum atomic E-state index is 15.2. The number of benzene rings is 1. The number of carbonyl (C=O) groups excluding carboxylic acids is 18. The summed E-state index contributed by atoms with van der Waals surface area (Å²) in [6, 6.07) is -13.0. The number of aromatic nitrogens is 3. The number of amides is 18. The SMILES string of the molecule is CC[C@H](C)[C@H](NC(=O)CNC(=O)[C@H](Cc1cnc[nH]1)NC(=O)[C@H](CCCNC(=N)N)NC(=O)[C@@H]1CCCN1C(=O)[C@H](CCCCN)NC(=O)[C@H](Cc1c[nH]c2ccccc12)NC(=O)CNC(=O)[C@@H]1CCCN1C(=O)[C@H](CCCNC(=N)N)NC(=O)[C@@H](N)CS)C(=O)N1CCC[C@H]1C(=O)N[C@@H](CC(N)=O)C(=O)N[C@@H](CC(N)=O)C(=O)N[C@@H](CCC(N)=O)C(=O)N[C@@H](CCCCN)C(=O)O. The van der Waals surface area contributed by atoms with Crippen molar-refractivity contribution in [2.45, 2.75) is 246 Å². The number of H-pyrrole nitrogens is 2. The minimum absolute atomic E-state index is 0.00672. The highest BCUT2D eigenvalue weighted by atomic mass is 32.1. The highest BCUT2D eigenvalue weighted by molar-refractivity contribution is 7.80. The Bertz CT molecular complexity index is 4580. The lowest BCUT2D eigenvalue weighted by atomic mass is 9.97. The van der Waals surface area contributed by atoms with Crippen molar-refractivity contribution >= 4 is 148 Å². The van der Waals surface area contributed by atoms with E-state index in [0.29, 0.717) is 47.8 Å². The van der Waals surface area contributed by atoms with Crippen LogP contribution in [0.4, 0.5) is 0 Å². The van der Waals surface area contributed by atoms with Crippen LogP contribution in [0.15, 0.2) is 43.0 Å². The van der Waals surface area contributed by atoms with Gasteiger partial charge < -0.3 is 150 Å². The largest absolute Gasteiger partial charge is 0.480 e. The Morgan fingerprint density at radius 3 is 1.45 bits per heavy atom. The number of rotatable bonds is 58. The van der Waals surface area contributed by atoms with Crippen LogP contribution in [-0.4, -0.2) is 308 Å². The van der Waals surface area contributed by atoms with Crippen molar-refractivity contribution < 1.29 is 96.2 Å². The molecule has 0 aliphatic carbocycles. The van der Waals surface area contributed by atoms with Gasteiger partial charge in [-0.05, 0) is 140 Å². The fourth-order valence-electron chi connectivity index (χ4n) is 15.5. The van der Waals surface area contributed by atoms with Crippen LogP contribution < -0.4 is 120 Å². The smallest absolute Gasteiger partial charge is 0.326 e. The quantitative estimate of drug-likeness (QED) is 0.0108. The number of fused-ring (bicyclic) bond motifs is 1. The summed E-state index contributed by atoms with van der Waals surface area (Å²) in [6.45, 7) is 2.47. The lowest BCUT2D eigenvalue weighted by molar-refractivity contribution is -0.143. The Morgan fingerprint density at radius 1 is 0.489 bits per heavy atom. The zero-order valence-electron chi connectivity index (χ0n) is 74.6. The van der Waals surface area contributed by atoms with Crippen LogP contribution in [0.1, 0.15) is 160 Å². The van der Waals surface area contributed by atoms with E-state index in [0.717, 1.165) is 4.90 Å². The fraction of sp³-hybridized carbons (Fsp3) is 0.610. The van der Waals surface area contributed by atoms with E-state index in [1.807, 2.05) is 0 Å². The number of likely N-dealkylation sites (tertiary alicyclic amines) is 3. The summed E-state index contributed by atoms with van der Waals surface area (Å²) >= 11 is 4.10. The average molecular weight is 1890 g/mol. The van der Waals surface area contributed by atoms with E-state index in [-0.39, 0.29) is 154 Å². The summed E-state index contributed by atoms with van der Waals surface area (Å²) in [5.41, 5.74) is 46.3. The van der Waals surface area contributed by atoms with Gasteiger partial charge in [-0.3, -0.25) is 97.1 Å². The lowest BCUT2D eigenvalue weighted by Gasteiger charge is -2.32. The highest BCUT2D eigenvalue weighted by Crippen LogP contribution is 2.26. The molecule has 3 fully saturated rings. The molecule has 0 saturated carbocycles. The standard InChI is InChI=1S/C82H130N30O20S/c1-3-43(2)66(79(130)112-32-14-23-60(112)76(127)108-57(36-63(88)115)73(124)107-56(35-62(87)114)72(123)101-50(24-25-61(86)113)70(121)105-53(80(131)132)18-7-9-27-84)109-65(117)40-97-68(119)55(34-45-38-93-42-99-45)106-69(120)49(19-10-28-94-81(89)90)102-75(126)59-22-13-31-111(59)77(128)51(17-6-8-26-83)104-71(122)54(33-44-37-96-48-16-5-4-15-46(44)48)100-64(116)39-98-74(125)58-21-12-30-110(58)78(129)52(20-11-29-95-82(91)92)103-67(118)47(85)41-133/h4-5,15-16,37-38,42-43,47,49-60,66,96,133H,3,6-14,17-36,39-41,83-85H2,1-2H3,(H2,86,113)(H2,87,114)(H2,88,115)(H,93,99)(H,97,119)(H,98,125)(H,100,116)(H,101,123)(H,102,126)(H,103,118)(H,104,122)(H,105,121)(H,106,120)(H,107,124)(H,108,127)(H,109,117)(H,131,132)(H4,89,90,94)(H4,91,92,95)/t43-,47-,49-,50-,51-,52-,53-,54-,55-,56-,57-,58-,59-,60-,66-/m0/s1. The first-order chi connectivity index (χ1) is 63.3. The number of hydrogen-bond donors (Lipinski definition) is 28. The summed E-state index contributed by atoms with van der Waals surface area (Å²) < 4.78 is 0. The third kappa shape index (κ3) is 35.1. The summed E-state index contributed by atoms with van der Waals surface area (Å²) in [7, 11) is 0. The maximum absolute atomic E-state index is 15.2. The normalized spacial score (nSPS) is 17.3. The van der Waals surface area contributed by atoms with Crippen LogP contribution in [0.25, 0.3) is 10.9 Å². The number of carboxylic acids is 1. The van der Waals surface area contributed by atoms with Crippen molar-refractivity contribution in [3.63, 3.8) is 0 Å². The topological polar surface area (TPSA) is 823 Å². The molecular formula is C82H130N30O20S. The van der Waals surface area contributed by atoms with Crippen LogP contribution in [-0.2, 0) is 104 Å². The third-order valence-electron chi connectivity index (χ3n) is 22.8. The predicted octanol–water partition coefficient (Wildman–Crippen LogP) is -9.08. The minimum Gasteiger partial charge on any atom is -0.480 e. The van der Waals surface area contributed by atoms with Crippen LogP contribution in [0.2, 0.25) is 0 Å². The second-order valence-corrected chi connectivity index (χ2v) is 33.3. The van der Waals surface area contributed by atoms with Gasteiger partial charge in [-0.25, -0.2) is 9.78 Å². The van der Waals surface area contributed by atoms with Crippen molar-refractivity contribution in [1.29, 1.82) is 10.8 Å². The van der Waals surface area contributed by atoms with E-state index < -0.39 is 248 Å². The second-order valence-electron chi connectivity index (χ2n) is 32.9. The van der Waals surface area contributed by atoms with E-state index in [2.05, 4.69) is 102 Å². The number of nitrogens with two attached hydrogens (primary N) is 8. The van der Waals surface area contributed by atoms with Gasteiger partial charge in [-0.1, -0.05) is 38.5 Å². The predicted molar refractivity (Wildman–Crippen MR) is 483 cm³/mol. The molecule has 0 bridgehead atoms. The number of carbonyl (C=O) groups is 19. The van der Waals surface area contributed by atoms with E-state index in [9.17, 15) is 91.4 Å². The van der Waals surface area contributed by atoms with Crippen LogP contribution in [0.5, 0.6) is 0 Å². The number of guanidine groups is 2. The number of hydrogen-bond acceptors (Lipinski definition) is 26. The molecule has 3 aliphatic heterocycles. The first-order valence-corrected chi connectivity index (χ1v) is 44.9. The Kier molecular flexibility index (Phi) is 44.9. The molecule has 3 aliphatic rings. The molecule has 3 aromatic rings. The van der Waals surface area contributed by atoms with Gasteiger partial charge in [0.1, 0.15) is 78.5 Å². The van der Waals surface area contributed by atoms with Gasteiger partial charge in [-0.15, -0.1) is 0 Å². The molecule has 51 heteroatoms. The average Bonchev–Trinajstić information content (AvgIpc) is 1.74. The first-order valence-electron chi connectivity index (χ1n) is 44.3. The van der Waals surface area contributed by atoms with Gasteiger partial charge >= 0.3 is 5.97 Å². The minimum atomic E-state index is -1.95. The summed E-state index contributed by atoms with van der Waals surface area (Å²) in [5.74, 6) is -19.5. The van der Waals surface area contributed by atoms with Crippen molar-refractivity contribution in [1.82, 2.24) is 104 Å². The van der Waals surface area contributed by atoms with Gasteiger partial charge in [0.2, 0.25) is 106 Å². The van der Waals surface area contributed by atoms with Crippen LogP contribution in [0, 0.1) is 16.7 Å². The third-order valence-corrected chi connectivity index (χ3v) is 23.2. The number of carboxylic acid groups (broad SMARTS) is 1. The molecule has 0 spiro atoms. The van der Waals surface area contributed by atoms with E-state index >= 15 is 4.79 Å². The van der Waals surface area contributed by atoms with Gasteiger partial charge in [0, 0.05) is 86.7 Å². The van der Waals surface area contributed by atoms with Crippen LogP contribution in [0.3, 0.4) is 0 Å². The molecular weight excluding hydrogens is 1760 g/mol. The number of para-hydroxylation sites is 1. The molecule has 15 atom stereocenters. The molecule has 35 N–H and O–H groups in total. The van der Waals surface area contributed by atoms with Gasteiger partial charge in [0.25, 0.3) is 0 Å². The van der Waals surface area contributed by atoms with Gasteiger partial charge in [0.05, 0.1) is 38.3 Å². The molecule has 3 saturated heterocycles. The number of imidazole rings is 1. The van der Waals surface area contributed by atoms with Crippen molar-refractivity contribution in [3.8, 4) is 0 Å². The highest BCUT2D eigenvalue weighted by Gasteiger charge is 2.45. The lowest BCUT2D eigenvalue weighted by Crippen LogP contribution is -2.60. The first kappa shape index (κ1) is 108. The molecule has 6 rings (SSSR count). The summed E-state index contributed by atoms with van der Waals surface area (Å²) in [5, 5.41) is 61.4. The summed E-state index contributed by atoms with van der Waals surface area (Å²) in [4.78, 5) is 277. The molecule has 0 radical (unpaired) electrons. The van der Waals surface area contributed by atoms with Gasteiger partial charge in [0.15, 0.2) is 11.9 Å².